The third-order valence-corrected chi connectivity index (χ3v) is 4.52. The fourth-order valence-electron chi connectivity index (χ4n) is 2.60. The Bertz CT molecular complexity index is 596. The summed E-state index contributed by atoms with van der Waals surface area (Å²) in [6.07, 6.45) is 5.94. The van der Waals surface area contributed by atoms with Crippen molar-refractivity contribution in [3.63, 3.8) is 0 Å². The molecule has 0 aromatic heterocycles. The smallest absolute Gasteiger partial charge is 0.0630 e. The van der Waals surface area contributed by atoms with Gasteiger partial charge in [-0.3, -0.25) is 4.99 Å². The quantitative estimate of drug-likeness (QED) is 0.530. The summed E-state index contributed by atoms with van der Waals surface area (Å²) in [4.78, 5) is 6.99. The van der Waals surface area contributed by atoms with Crippen LogP contribution < -0.4 is 4.90 Å². The van der Waals surface area contributed by atoms with Gasteiger partial charge < -0.3 is 4.90 Å². The van der Waals surface area contributed by atoms with Gasteiger partial charge in [0, 0.05) is 28.6 Å². The average molecular weight is 390 g/mol. The van der Waals surface area contributed by atoms with Crippen molar-refractivity contribution in [2.24, 2.45) is 4.99 Å². The van der Waals surface area contributed by atoms with E-state index < -0.39 is 0 Å². The summed E-state index contributed by atoms with van der Waals surface area (Å²) >= 11 is 2.30. The number of benzene rings is 2. The second kappa shape index (κ2) is 7.07. The van der Waals surface area contributed by atoms with Crippen LogP contribution in [0.2, 0.25) is 0 Å². The highest BCUT2D eigenvalue weighted by atomic mass is 127. The van der Waals surface area contributed by atoms with Crippen LogP contribution in [0, 0.1) is 3.57 Å². The average Bonchev–Trinajstić information content (AvgIpc) is 2.56. The lowest BCUT2D eigenvalue weighted by Gasteiger charge is -2.28. The van der Waals surface area contributed by atoms with Crippen molar-refractivity contribution < 1.29 is 0 Å². The van der Waals surface area contributed by atoms with Gasteiger partial charge in [0.25, 0.3) is 0 Å². The standard InChI is InChI=1S/C18H19IN2/c19-16-6-8-17(9-7-16)20-14-15-4-10-18(11-5-15)21-12-2-1-3-13-21/h4-11,14H,1-3,12-13H2. The molecule has 1 fully saturated rings. The van der Waals surface area contributed by atoms with Gasteiger partial charge in [-0.15, -0.1) is 0 Å². The number of hydrogen-bond acceptors (Lipinski definition) is 2. The Balaban J connectivity index is 1.67. The molecule has 108 valence electrons. The third-order valence-electron chi connectivity index (χ3n) is 3.80. The Morgan fingerprint density at radius 3 is 2.19 bits per heavy atom. The summed E-state index contributed by atoms with van der Waals surface area (Å²) in [7, 11) is 0. The Kier molecular flexibility index (Phi) is 4.91. The van der Waals surface area contributed by atoms with Gasteiger partial charge in [-0.25, -0.2) is 0 Å². The Morgan fingerprint density at radius 1 is 0.857 bits per heavy atom. The fourth-order valence-corrected chi connectivity index (χ4v) is 2.96. The molecule has 2 nitrogen and oxygen atoms in total. The molecule has 1 saturated heterocycles. The van der Waals surface area contributed by atoms with Crippen molar-refractivity contribution >= 4 is 40.2 Å². The lowest BCUT2D eigenvalue weighted by molar-refractivity contribution is 0.578. The Morgan fingerprint density at radius 2 is 1.52 bits per heavy atom. The lowest BCUT2D eigenvalue weighted by atomic mass is 10.1. The zero-order valence-corrected chi connectivity index (χ0v) is 14.2. The van der Waals surface area contributed by atoms with Crippen LogP contribution in [-0.4, -0.2) is 19.3 Å². The van der Waals surface area contributed by atoms with Crippen molar-refractivity contribution in [3.05, 3.63) is 57.7 Å². The van der Waals surface area contributed by atoms with Crippen molar-refractivity contribution in [2.45, 2.75) is 19.3 Å². The highest BCUT2D eigenvalue weighted by molar-refractivity contribution is 14.1. The summed E-state index contributed by atoms with van der Waals surface area (Å²) in [5.41, 5.74) is 3.48. The maximum Gasteiger partial charge on any atom is 0.0630 e. The van der Waals surface area contributed by atoms with Gasteiger partial charge in [-0.2, -0.15) is 0 Å². The van der Waals surface area contributed by atoms with Crippen molar-refractivity contribution in [1.82, 2.24) is 0 Å². The molecule has 0 N–H and O–H groups in total. The molecule has 3 heteroatoms. The summed E-state index contributed by atoms with van der Waals surface area (Å²) in [6.45, 7) is 2.38. The minimum Gasteiger partial charge on any atom is -0.372 e. The summed E-state index contributed by atoms with van der Waals surface area (Å²) in [5.74, 6) is 0. The van der Waals surface area contributed by atoms with E-state index in [9.17, 15) is 0 Å². The number of hydrogen-bond donors (Lipinski definition) is 0. The molecule has 0 saturated carbocycles. The number of halogens is 1. The normalized spacial score (nSPS) is 15.6. The molecule has 2 aromatic carbocycles. The predicted molar refractivity (Wildman–Crippen MR) is 98.9 cm³/mol. The van der Waals surface area contributed by atoms with E-state index in [-0.39, 0.29) is 0 Å². The zero-order chi connectivity index (χ0) is 14.5. The molecule has 2 aromatic rings. The maximum atomic E-state index is 4.52. The molecule has 0 amide bonds. The Labute approximate surface area is 140 Å². The van der Waals surface area contributed by atoms with Crippen LogP contribution in [0.15, 0.2) is 53.5 Å². The molecule has 0 bridgehead atoms. The molecule has 0 unspecified atom stereocenters. The van der Waals surface area contributed by atoms with Crippen molar-refractivity contribution in [2.75, 3.05) is 18.0 Å². The van der Waals surface area contributed by atoms with Crippen LogP contribution in [-0.2, 0) is 0 Å². The monoisotopic (exact) mass is 390 g/mol. The van der Waals surface area contributed by atoms with Crippen molar-refractivity contribution in [3.8, 4) is 0 Å². The second-order valence-corrected chi connectivity index (χ2v) is 6.62. The van der Waals surface area contributed by atoms with E-state index >= 15 is 0 Å². The predicted octanol–water partition coefficient (Wildman–Crippen LogP) is 5.03. The number of aliphatic imine (C=N–C) groups is 1. The topological polar surface area (TPSA) is 15.6 Å². The molecule has 1 heterocycles. The molecule has 0 radical (unpaired) electrons. The van der Waals surface area contributed by atoms with Crippen LogP contribution >= 0.6 is 22.6 Å². The van der Waals surface area contributed by atoms with E-state index in [1.807, 2.05) is 18.3 Å². The lowest BCUT2D eigenvalue weighted by Crippen LogP contribution is -2.29. The van der Waals surface area contributed by atoms with Gasteiger partial charge in [-0.1, -0.05) is 12.1 Å². The molecule has 21 heavy (non-hydrogen) atoms. The minimum atomic E-state index is 0.996. The first kappa shape index (κ1) is 14.6. The van der Waals surface area contributed by atoms with Gasteiger partial charge in [0.15, 0.2) is 0 Å². The molecule has 0 aliphatic carbocycles. The molecule has 0 atom stereocenters. The zero-order valence-electron chi connectivity index (χ0n) is 12.0. The van der Waals surface area contributed by atoms with Gasteiger partial charge in [0.2, 0.25) is 0 Å². The summed E-state index contributed by atoms with van der Waals surface area (Å²) < 4.78 is 1.23. The van der Waals surface area contributed by atoms with Crippen LogP contribution in [0.4, 0.5) is 11.4 Å². The van der Waals surface area contributed by atoms with Gasteiger partial charge >= 0.3 is 0 Å². The third kappa shape index (κ3) is 4.06. The Hall–Kier alpha value is -1.36. The summed E-state index contributed by atoms with van der Waals surface area (Å²) in [5, 5.41) is 0. The maximum absolute atomic E-state index is 4.52. The SMILES string of the molecule is Ic1ccc(N=Cc2ccc(N3CCCCC3)cc2)cc1. The van der Waals surface area contributed by atoms with E-state index in [1.54, 1.807) is 0 Å². The van der Waals surface area contributed by atoms with Crippen LogP contribution in [0.3, 0.4) is 0 Å². The van der Waals surface area contributed by atoms with E-state index in [4.69, 9.17) is 0 Å². The van der Waals surface area contributed by atoms with Crippen molar-refractivity contribution in [1.29, 1.82) is 0 Å². The van der Waals surface area contributed by atoms with Gasteiger partial charge in [0.1, 0.15) is 0 Å². The number of piperidine rings is 1. The van der Waals surface area contributed by atoms with Gasteiger partial charge in [-0.05, 0) is 83.8 Å². The van der Waals surface area contributed by atoms with Crippen LogP contribution in [0.1, 0.15) is 24.8 Å². The van der Waals surface area contributed by atoms with E-state index in [0.29, 0.717) is 0 Å². The number of rotatable bonds is 3. The molecule has 1 aliphatic rings. The molecular weight excluding hydrogens is 371 g/mol. The highest BCUT2D eigenvalue weighted by Crippen LogP contribution is 2.20. The van der Waals surface area contributed by atoms with Crippen LogP contribution in [0.5, 0.6) is 0 Å². The molecular formula is C18H19IN2. The number of nitrogens with zero attached hydrogens (tertiary/aromatic N) is 2. The molecule has 0 spiro atoms. The first-order valence-electron chi connectivity index (χ1n) is 7.46. The second-order valence-electron chi connectivity index (χ2n) is 5.37. The minimum absolute atomic E-state index is 0.996. The molecule has 1 aliphatic heterocycles. The fraction of sp³-hybridized carbons (Fsp3) is 0.278. The van der Waals surface area contributed by atoms with E-state index in [0.717, 1.165) is 11.3 Å². The van der Waals surface area contributed by atoms with Gasteiger partial charge in [0.05, 0.1) is 5.69 Å². The highest BCUT2D eigenvalue weighted by Gasteiger charge is 2.09. The first-order chi connectivity index (χ1) is 10.3. The first-order valence-corrected chi connectivity index (χ1v) is 8.54. The van der Waals surface area contributed by atoms with E-state index in [2.05, 4.69) is 68.9 Å². The largest absolute Gasteiger partial charge is 0.372 e. The van der Waals surface area contributed by atoms with E-state index in [1.165, 1.54) is 41.6 Å². The summed E-state index contributed by atoms with van der Waals surface area (Å²) in [6, 6.07) is 17.0. The number of anilines is 1. The van der Waals surface area contributed by atoms with Crippen LogP contribution in [0.25, 0.3) is 0 Å². The molecule has 3 rings (SSSR count).